The molecule has 10 nitrogen and oxygen atoms in total. The van der Waals surface area contributed by atoms with E-state index in [1.807, 2.05) is 18.2 Å². The third-order valence-electron chi connectivity index (χ3n) is 2.41. The Bertz CT molecular complexity index is 718. The molecule has 0 saturated carbocycles. The monoisotopic (exact) mass is 434 g/mol. The molecule has 0 radical (unpaired) electrons. The van der Waals surface area contributed by atoms with Crippen LogP contribution in [-0.4, -0.2) is 10.2 Å². The van der Waals surface area contributed by atoms with E-state index >= 15 is 0 Å². The van der Waals surface area contributed by atoms with Gasteiger partial charge in [0.05, 0.1) is 6.20 Å². The van der Waals surface area contributed by atoms with E-state index in [4.69, 9.17) is 37.3 Å². The number of hydrogen-bond donors (Lipinski definition) is 0. The SMILES string of the molecule is [Fe+2].[O-][Cl+3]([O-])([O-])[O-].[O-][Cl+3]([O-])([O-])[O-].c1ccc2c(c1)ccc1ccnnc12. The van der Waals surface area contributed by atoms with E-state index in [0.29, 0.717) is 0 Å². The van der Waals surface area contributed by atoms with Gasteiger partial charge in [0.25, 0.3) is 0 Å². The van der Waals surface area contributed by atoms with Crippen LogP contribution in [0.2, 0.25) is 0 Å². The maximum Gasteiger partial charge on any atom is 2.00 e. The number of aromatic nitrogens is 2. The summed E-state index contributed by atoms with van der Waals surface area (Å²) in [6.45, 7) is 0. The summed E-state index contributed by atoms with van der Waals surface area (Å²) in [7, 11) is -9.89. The number of hydrogen-bond acceptors (Lipinski definition) is 10. The van der Waals surface area contributed by atoms with Crippen LogP contribution in [-0.2, 0) is 17.1 Å². The average Bonchev–Trinajstić information content (AvgIpc) is 2.44. The smallest absolute Gasteiger partial charge is 0.222 e. The van der Waals surface area contributed by atoms with Crippen LogP contribution in [0, 0.1) is 20.5 Å². The van der Waals surface area contributed by atoms with Gasteiger partial charge in [-0.2, -0.15) is 5.10 Å². The van der Waals surface area contributed by atoms with Crippen molar-refractivity contribution in [1.82, 2.24) is 10.2 Å². The topological polar surface area (TPSA) is 210 Å². The van der Waals surface area contributed by atoms with E-state index < -0.39 is 20.5 Å². The Labute approximate surface area is 155 Å². The molecule has 0 aliphatic heterocycles. The predicted octanol–water partition coefficient (Wildman–Crippen LogP) is -6.73. The first-order valence-electron chi connectivity index (χ1n) is 5.78. The molecular formula is C12H8Cl2FeN2O8. The molecule has 0 amide bonds. The van der Waals surface area contributed by atoms with Gasteiger partial charge in [0.15, 0.2) is 0 Å². The Morgan fingerprint density at radius 1 is 0.640 bits per heavy atom. The summed E-state index contributed by atoms with van der Waals surface area (Å²) in [4.78, 5) is 0. The van der Waals surface area contributed by atoms with Crippen LogP contribution in [0.5, 0.6) is 0 Å². The molecule has 0 fully saturated rings. The van der Waals surface area contributed by atoms with Gasteiger partial charge < -0.3 is 0 Å². The van der Waals surface area contributed by atoms with Crippen LogP contribution in [0.3, 0.4) is 0 Å². The molecule has 0 spiro atoms. The zero-order valence-electron chi connectivity index (χ0n) is 11.9. The van der Waals surface area contributed by atoms with Crippen molar-refractivity contribution in [1.29, 1.82) is 0 Å². The maximum absolute atomic E-state index is 8.49. The summed E-state index contributed by atoms with van der Waals surface area (Å²) < 4.78 is 67.9. The van der Waals surface area contributed by atoms with E-state index in [0.717, 1.165) is 16.3 Å². The van der Waals surface area contributed by atoms with Gasteiger partial charge in [0.2, 0.25) is 0 Å². The van der Waals surface area contributed by atoms with Crippen LogP contribution in [0.4, 0.5) is 0 Å². The van der Waals surface area contributed by atoms with Crippen molar-refractivity contribution < 1.29 is 74.8 Å². The Morgan fingerprint density at radius 3 is 1.68 bits per heavy atom. The van der Waals surface area contributed by atoms with Crippen molar-refractivity contribution in [2.75, 3.05) is 0 Å². The van der Waals surface area contributed by atoms with E-state index in [1.165, 1.54) is 5.39 Å². The first-order chi connectivity index (χ1) is 10.9. The molecule has 2 aromatic carbocycles. The standard InChI is InChI=1S/C12H8N2.2ClHO4.Fe/c1-2-4-11-9(3-1)5-6-10-7-8-13-14-12(10)11;2*2-1(3,4)5;/h1-8H;2*(H,2,3,4,5);/q;;;+2/p-2. The fourth-order valence-electron chi connectivity index (χ4n) is 1.72. The fourth-order valence-corrected chi connectivity index (χ4v) is 1.72. The van der Waals surface area contributed by atoms with Gasteiger partial charge in [-0.25, -0.2) is 37.3 Å². The van der Waals surface area contributed by atoms with Gasteiger partial charge in [0, 0.05) is 10.8 Å². The van der Waals surface area contributed by atoms with Crippen LogP contribution in [0.1, 0.15) is 0 Å². The number of rotatable bonds is 0. The number of halogens is 2. The van der Waals surface area contributed by atoms with E-state index in [9.17, 15) is 0 Å². The maximum atomic E-state index is 8.49. The molecule has 3 rings (SSSR count). The summed E-state index contributed by atoms with van der Waals surface area (Å²) in [5.74, 6) is 0. The van der Waals surface area contributed by atoms with E-state index in [-0.39, 0.29) is 17.1 Å². The molecule has 0 aliphatic carbocycles. The largest absolute Gasteiger partial charge is 2.00 e. The molecule has 0 bridgehead atoms. The minimum Gasteiger partial charge on any atom is -0.222 e. The molecule has 136 valence electrons. The molecule has 1 aromatic heterocycles. The fraction of sp³-hybridized carbons (Fsp3) is 0. The summed E-state index contributed by atoms with van der Waals surface area (Å²) in [6.07, 6.45) is 1.72. The van der Waals surface area contributed by atoms with Gasteiger partial charge in [-0.05, 0) is 11.5 Å². The normalized spacial score (nSPS) is 10.9. The van der Waals surface area contributed by atoms with Gasteiger partial charge in [0.1, 0.15) is 5.52 Å². The average molecular weight is 435 g/mol. The van der Waals surface area contributed by atoms with Crippen LogP contribution in [0.25, 0.3) is 21.7 Å². The second-order valence-electron chi connectivity index (χ2n) is 4.01. The van der Waals surface area contributed by atoms with Gasteiger partial charge in [-0.1, -0.05) is 36.4 Å². The molecule has 1 heterocycles. The Morgan fingerprint density at radius 2 is 1.12 bits per heavy atom. The predicted molar refractivity (Wildman–Crippen MR) is 57.0 cm³/mol. The van der Waals surface area contributed by atoms with Crippen molar-refractivity contribution in [3.63, 3.8) is 0 Å². The first-order valence-corrected chi connectivity index (χ1v) is 8.25. The second kappa shape index (κ2) is 10.1. The van der Waals surface area contributed by atoms with Crippen molar-refractivity contribution in [3.05, 3.63) is 48.7 Å². The quantitative estimate of drug-likeness (QED) is 0.241. The first kappa shape index (κ1) is 23.8. The van der Waals surface area contributed by atoms with E-state index in [2.05, 4.69) is 34.5 Å². The molecule has 0 N–H and O–H groups in total. The van der Waals surface area contributed by atoms with Crippen LogP contribution in [0.15, 0.2) is 48.7 Å². The van der Waals surface area contributed by atoms with Gasteiger partial charge in [-0.3, -0.25) is 0 Å². The molecule has 3 aromatic rings. The van der Waals surface area contributed by atoms with Crippen molar-refractivity contribution >= 4 is 21.7 Å². The van der Waals surface area contributed by atoms with Crippen LogP contribution >= 0.6 is 0 Å². The molecule has 13 heteroatoms. The van der Waals surface area contributed by atoms with Gasteiger partial charge >= 0.3 is 17.1 Å². The third-order valence-corrected chi connectivity index (χ3v) is 2.41. The summed E-state index contributed by atoms with van der Waals surface area (Å²) in [6, 6.07) is 14.4. The molecule has 25 heavy (non-hydrogen) atoms. The summed E-state index contributed by atoms with van der Waals surface area (Å²) in [5.41, 5.74) is 0.977. The molecule has 0 atom stereocenters. The zero-order chi connectivity index (χ0) is 18.4. The number of fused-ring (bicyclic) bond motifs is 3. The number of benzene rings is 2. The molecule has 0 unspecified atom stereocenters. The summed E-state index contributed by atoms with van der Waals surface area (Å²) >= 11 is 0. The van der Waals surface area contributed by atoms with Crippen molar-refractivity contribution in [2.45, 2.75) is 0 Å². The minimum atomic E-state index is -4.94. The second-order valence-corrected chi connectivity index (χ2v) is 5.52. The number of nitrogens with zero attached hydrogens (tertiary/aromatic N) is 2. The summed E-state index contributed by atoms with van der Waals surface area (Å²) in [5, 5.41) is 11.6. The van der Waals surface area contributed by atoms with Crippen LogP contribution < -0.4 is 37.3 Å². The zero-order valence-corrected chi connectivity index (χ0v) is 14.5. The molecular weight excluding hydrogens is 427 g/mol. The van der Waals surface area contributed by atoms with Crippen molar-refractivity contribution in [2.24, 2.45) is 0 Å². The Balaban J connectivity index is 0.000000445. The van der Waals surface area contributed by atoms with E-state index in [1.54, 1.807) is 6.20 Å². The minimum absolute atomic E-state index is 0. The van der Waals surface area contributed by atoms with Gasteiger partial charge in [-0.15, -0.1) is 25.6 Å². The Hall–Kier alpha value is -1.18. The van der Waals surface area contributed by atoms with Crippen molar-refractivity contribution in [3.8, 4) is 0 Å². The molecule has 0 saturated heterocycles. The molecule has 0 aliphatic rings. The Kier molecular flexibility index (Phi) is 9.61. The third kappa shape index (κ3) is 11.1.